The fourth-order valence-corrected chi connectivity index (χ4v) is 14.9. The summed E-state index contributed by atoms with van der Waals surface area (Å²) in [5.41, 5.74) is 17.8. The van der Waals surface area contributed by atoms with E-state index in [1.165, 1.54) is 53.7 Å². The zero-order valence-corrected chi connectivity index (χ0v) is 82.4. The Labute approximate surface area is 821 Å². The van der Waals surface area contributed by atoms with E-state index in [0.29, 0.717) is 16.5 Å². The molecule has 6 unspecified atom stereocenters. The smallest absolute Gasteiger partial charge is 0.325 e. The van der Waals surface area contributed by atoms with Crippen molar-refractivity contribution in [3.8, 4) is 0 Å². The van der Waals surface area contributed by atoms with E-state index in [2.05, 4.69) is 111 Å². The molecule has 2 aromatic rings. The van der Waals surface area contributed by atoms with E-state index >= 15 is 9.59 Å². The van der Waals surface area contributed by atoms with Gasteiger partial charge < -0.3 is 149 Å². The Morgan fingerprint density at radius 3 is 1.46 bits per heavy atom. The number of rotatable bonds is 29. The number of para-hydroxylation sites is 1. The number of fused-ring (bicyclic) bond motifs is 2. The third-order valence-electron chi connectivity index (χ3n) is 23.1. The number of hydrogen-bond donors (Lipinski definition) is 29. The molecule has 52 heteroatoms. The molecule has 1 saturated heterocycles. The number of guanidine groups is 2. The number of amides is 20. The predicted molar refractivity (Wildman–Crippen MR) is 512 cm³/mol. The Kier molecular flexibility index (Phi) is 49.8. The lowest BCUT2D eigenvalue weighted by atomic mass is 9.97. The maximum Gasteiger partial charge on any atom is 0.325 e. The lowest BCUT2D eigenvalue weighted by Crippen LogP contribution is -2.61. The number of nitrogens with two attached hydrogens (primary N) is 3. The number of H-pyrrole nitrogens is 1. The van der Waals surface area contributed by atoms with Crippen LogP contribution in [0.2, 0.25) is 0 Å². The number of primary amides is 1. The third-order valence-corrected chi connectivity index (χ3v) is 23.1. The van der Waals surface area contributed by atoms with E-state index in [0.717, 1.165) is 25.7 Å². The second kappa shape index (κ2) is 59.0. The SMILES string of the molecule is CCC(C)[C@@H]1NC(=O)[C@H](C)NC(=O)C(NC(=O)[C@H](C)NC(C)=O)C/C=C/C[C@@H](C(=O)N[C@@H](C)C(=O)O)NC(=O)C(C)NC(=O)[C@H](CCCNC(=N)N)NC(=O)C(C)NC(=O)[C@H](C)NC(=O)C(CC(C)C)NC(=O)[C@H](Cc2c[nH]c3ccccc23)NC(=O)[C@H](CCC(N)=O)NC(=O)[C@H](CCCNC(=N)N)NC(=O)[C@H](CC(C)C)NC(=O)C([C@@H](C)O)NC(=O)[C@@H]2CCCN2C(=O)CNC(=O)[C@H](CCC(=O)O)NC1=O. The van der Waals surface area contributed by atoms with Crippen LogP contribution in [0.15, 0.2) is 42.6 Å². The highest BCUT2D eigenvalue weighted by molar-refractivity contribution is 6.03. The maximum absolute atomic E-state index is 15.1. The zero-order chi connectivity index (χ0) is 107. The van der Waals surface area contributed by atoms with Crippen molar-refractivity contribution in [2.45, 2.75) is 315 Å². The first kappa shape index (κ1) is 120. The van der Waals surface area contributed by atoms with E-state index in [1.807, 2.05) is 0 Å². The van der Waals surface area contributed by atoms with Gasteiger partial charge in [0.2, 0.25) is 118 Å². The summed E-state index contributed by atoms with van der Waals surface area (Å²) >= 11 is 0. The number of carboxylic acids is 2. The first-order valence-electron chi connectivity index (χ1n) is 47.1. The normalized spacial score (nSPS) is 25.5. The first-order chi connectivity index (χ1) is 66.6. The molecule has 0 radical (unpaired) electrons. The number of nitrogens with zero attached hydrogens (tertiary/aromatic N) is 1. The molecule has 0 spiro atoms. The van der Waals surface area contributed by atoms with Gasteiger partial charge in [-0.1, -0.05) is 78.3 Å². The number of aromatic nitrogens is 1. The maximum atomic E-state index is 15.1. The van der Waals surface area contributed by atoms with E-state index in [1.54, 1.807) is 65.1 Å². The number of aliphatic hydroxyl groups excluding tert-OH is 1. The predicted octanol–water partition coefficient (Wildman–Crippen LogP) is -7.19. The Hall–Kier alpha value is -14.7. The fourth-order valence-electron chi connectivity index (χ4n) is 14.9. The molecule has 142 heavy (non-hydrogen) atoms. The van der Waals surface area contributed by atoms with Crippen LogP contribution in [0.25, 0.3) is 10.9 Å². The monoisotopic (exact) mass is 2000 g/mol. The van der Waals surface area contributed by atoms with E-state index < -0.39 is 314 Å². The quantitative estimate of drug-likeness (QED) is 0.0156. The van der Waals surface area contributed by atoms with Gasteiger partial charge in [-0.05, 0) is 155 Å². The summed E-state index contributed by atoms with van der Waals surface area (Å²) in [4.78, 5) is 312. The van der Waals surface area contributed by atoms with Crippen LogP contribution >= 0.6 is 0 Å². The van der Waals surface area contributed by atoms with Gasteiger partial charge in [-0.25, -0.2) is 0 Å². The van der Waals surface area contributed by atoms with Gasteiger partial charge in [0.1, 0.15) is 109 Å². The topological polar surface area (TPSA) is 822 Å². The largest absolute Gasteiger partial charge is 0.481 e. The van der Waals surface area contributed by atoms with Gasteiger partial charge in [-0.15, -0.1) is 0 Å². The molecule has 1 fully saturated rings. The van der Waals surface area contributed by atoms with Crippen molar-refractivity contribution in [2.24, 2.45) is 35.0 Å². The summed E-state index contributed by atoms with van der Waals surface area (Å²) in [5.74, 6) is -25.7. The molecule has 1 aromatic heterocycles. The van der Waals surface area contributed by atoms with Crippen LogP contribution in [-0.4, -0.2) is 308 Å². The molecule has 32 N–H and O–H groups in total. The molecule has 0 saturated carbocycles. The Bertz CT molecular complexity index is 4870. The standard InChI is InChI=1S/C90H143N27O25/c1-15-44(6)69-86(139)111-60(31-33-68(122)123)76(129)99-41-67(121)117-36-22-29-65(117)85(138)116-70(51(13)118)87(140)114-63(38-43(4)5)83(136)109-59(28-21-35-97-90(94)95)80(133)110-61(30-32-66(91)120)81(134)113-64(39-53-40-98-55-24-17-16-23-54(53)55)84(137)112-62(37-42(2)3)82(135)104-46(8)71(124)101-47(9)73(126)108-58(27-20-34-96-89(92)93)78(131)102-48(10)74(127)107-57(79(132)105-50(12)88(141)142)26-19-18-25-56(77(130)103-49(11)75(128)115-69)106-72(125)45(7)100-52(14)119/h16-19,23-24,40,42-51,56-65,69-70,98,118H,15,20-22,25-39,41H2,1-14H3,(H2,91,120)(H,99,129)(H,100,119)(H,101,124)(H,102,131)(H,103,130)(H,104,135)(H,105,132)(H,106,125)(H,107,127)(H,108,126)(H,109,136)(H,110,133)(H,111,139)(H,112,137)(H,113,134)(H,114,140)(H,115,128)(H,116,138)(H,122,123)(H,141,142)(H4,92,93,96)(H4,94,95,97)/b19-18+/t44?,45-,46-,47?,48?,49-,50-,51+,56?,57-,58-,59-,60-,61-,62?,63-,64-,65-,69-,70?/m0/s1. The van der Waals surface area contributed by atoms with Crippen LogP contribution in [0.5, 0.6) is 0 Å². The minimum absolute atomic E-state index is 0.0127. The highest BCUT2D eigenvalue weighted by Crippen LogP contribution is 2.23. The average Bonchev–Trinajstić information content (AvgIpc) is 1.67. The lowest BCUT2D eigenvalue weighted by molar-refractivity contribution is -0.142. The number of carbonyl (C=O) groups excluding carboxylic acids is 20. The molecular formula is C90H143N27O25. The molecule has 2 aliphatic heterocycles. The number of benzene rings is 1. The molecule has 0 bridgehead atoms. The van der Waals surface area contributed by atoms with Crippen LogP contribution in [0, 0.1) is 28.6 Å². The molecule has 4 rings (SSSR count). The van der Waals surface area contributed by atoms with Gasteiger partial charge in [0.25, 0.3) is 0 Å². The highest BCUT2D eigenvalue weighted by Gasteiger charge is 2.42. The Morgan fingerprint density at radius 2 is 0.930 bits per heavy atom. The van der Waals surface area contributed by atoms with Crippen molar-refractivity contribution >= 4 is 153 Å². The summed E-state index contributed by atoms with van der Waals surface area (Å²) in [5, 5.41) is 96.5. The third kappa shape index (κ3) is 41.0. The van der Waals surface area contributed by atoms with Crippen molar-refractivity contribution in [3.63, 3.8) is 0 Å². The Balaban J connectivity index is 1.89. The fraction of sp³-hybridized carbons (Fsp3) is 0.622. The zero-order valence-electron chi connectivity index (χ0n) is 82.4. The lowest BCUT2D eigenvalue weighted by Gasteiger charge is -2.30. The molecule has 788 valence electrons. The molecule has 1 aromatic carbocycles. The van der Waals surface area contributed by atoms with Crippen LogP contribution in [0.3, 0.4) is 0 Å². The van der Waals surface area contributed by atoms with E-state index in [4.69, 9.17) is 28.0 Å². The molecule has 0 aliphatic carbocycles. The summed E-state index contributed by atoms with van der Waals surface area (Å²) in [6.45, 7) is 18.2. The van der Waals surface area contributed by atoms with Crippen molar-refractivity contribution in [2.75, 3.05) is 26.2 Å². The first-order valence-corrected chi connectivity index (χ1v) is 47.1. The number of aliphatic carboxylic acids is 2. The van der Waals surface area contributed by atoms with Gasteiger partial charge in [-0.3, -0.25) is 116 Å². The number of carbonyl (C=O) groups is 22. The minimum atomic E-state index is -1.87. The van der Waals surface area contributed by atoms with Crippen LogP contribution < -0.4 is 124 Å². The molecule has 52 nitrogen and oxygen atoms in total. The average molecular weight is 2000 g/mol. The van der Waals surface area contributed by atoms with Crippen molar-refractivity contribution in [3.05, 3.63) is 48.2 Å². The Morgan fingerprint density at radius 1 is 0.493 bits per heavy atom. The van der Waals surface area contributed by atoms with Gasteiger partial charge in [0.05, 0.1) is 12.6 Å². The number of carboxylic acid groups (broad SMARTS) is 2. The summed E-state index contributed by atoms with van der Waals surface area (Å²) in [6.07, 6.45) is -2.01. The summed E-state index contributed by atoms with van der Waals surface area (Å²) in [6, 6.07) is -21.8. The molecule has 3 heterocycles. The second-order valence-corrected chi connectivity index (χ2v) is 36.2. The number of aromatic amines is 1. The molecule has 20 amide bonds. The van der Waals surface area contributed by atoms with E-state index in [-0.39, 0.29) is 89.8 Å². The van der Waals surface area contributed by atoms with Gasteiger partial charge in [0.15, 0.2) is 11.9 Å². The van der Waals surface area contributed by atoms with Crippen LogP contribution in [0.4, 0.5) is 0 Å². The van der Waals surface area contributed by atoms with Crippen molar-refractivity contribution in [1.82, 2.24) is 116 Å². The van der Waals surface area contributed by atoms with Gasteiger partial charge >= 0.3 is 11.9 Å². The highest BCUT2D eigenvalue weighted by atomic mass is 16.4. The molecule has 2 aliphatic rings. The van der Waals surface area contributed by atoms with Crippen LogP contribution in [0.1, 0.15) is 199 Å². The molecule has 20 atom stereocenters. The minimum Gasteiger partial charge on any atom is -0.481 e. The number of aliphatic hydroxyl groups is 1. The van der Waals surface area contributed by atoms with Crippen LogP contribution in [-0.2, 0) is 112 Å². The number of nitrogens with one attached hydrogen (secondary N) is 23. The molecular weight excluding hydrogens is 1860 g/mol. The summed E-state index contributed by atoms with van der Waals surface area (Å²) in [7, 11) is 0. The van der Waals surface area contributed by atoms with Gasteiger partial charge in [-0.2, -0.15) is 0 Å². The van der Waals surface area contributed by atoms with Crippen molar-refractivity contribution in [1.29, 1.82) is 10.8 Å². The second-order valence-electron chi connectivity index (χ2n) is 36.2. The van der Waals surface area contributed by atoms with Gasteiger partial charge in [0, 0.05) is 62.9 Å². The van der Waals surface area contributed by atoms with E-state index in [9.17, 15) is 111 Å². The summed E-state index contributed by atoms with van der Waals surface area (Å²) < 4.78 is 0. The van der Waals surface area contributed by atoms with Crippen molar-refractivity contribution < 1.29 is 121 Å². The number of hydrogen-bond acceptors (Lipinski definition) is 25.